The lowest BCUT2D eigenvalue weighted by Gasteiger charge is -2.17. The van der Waals surface area contributed by atoms with Gasteiger partial charge in [0.05, 0.1) is 0 Å². The molecule has 0 radical (unpaired) electrons. The molecule has 0 amide bonds. The molecule has 1 N–H and O–H groups in total. The molecule has 0 fully saturated rings. The van der Waals surface area contributed by atoms with Crippen molar-refractivity contribution in [3.8, 4) is 0 Å². The van der Waals surface area contributed by atoms with Crippen LogP contribution in [0.3, 0.4) is 0 Å². The Labute approximate surface area is 132 Å². The molecule has 1 unspecified atom stereocenters. The largest absolute Gasteiger partial charge is 0.313 e. The fraction of sp³-hybridized carbons (Fsp3) is 0.700. The summed E-state index contributed by atoms with van der Waals surface area (Å²) in [4.78, 5) is 0. The van der Waals surface area contributed by atoms with Crippen LogP contribution in [0.4, 0.5) is 0 Å². The molecular weight excluding hydrogens is 254 g/mol. The Morgan fingerprint density at radius 3 is 2.05 bits per heavy atom. The van der Waals surface area contributed by atoms with E-state index in [4.69, 9.17) is 0 Å². The molecule has 0 saturated carbocycles. The first-order chi connectivity index (χ1) is 10.3. The average Bonchev–Trinajstić information content (AvgIpc) is 2.53. The van der Waals surface area contributed by atoms with Gasteiger partial charge >= 0.3 is 0 Å². The van der Waals surface area contributed by atoms with Crippen molar-refractivity contribution in [2.75, 3.05) is 7.05 Å². The number of aryl methyl sites for hydroxylation is 1. The van der Waals surface area contributed by atoms with Gasteiger partial charge in [0.25, 0.3) is 0 Å². The zero-order valence-corrected chi connectivity index (χ0v) is 14.5. The first-order valence-electron chi connectivity index (χ1n) is 9.07. The molecule has 1 heteroatoms. The van der Waals surface area contributed by atoms with Gasteiger partial charge in [-0.05, 0) is 37.4 Å². The molecule has 0 aliphatic heterocycles. The van der Waals surface area contributed by atoms with E-state index in [1.54, 1.807) is 0 Å². The third-order valence-corrected chi connectivity index (χ3v) is 4.40. The topological polar surface area (TPSA) is 12.0 Å². The summed E-state index contributed by atoms with van der Waals surface area (Å²) in [7, 11) is 2.09. The summed E-state index contributed by atoms with van der Waals surface area (Å²) in [6, 6.07) is 9.80. The summed E-state index contributed by atoms with van der Waals surface area (Å²) in [6.45, 7) is 4.53. The van der Waals surface area contributed by atoms with E-state index in [9.17, 15) is 0 Å². The van der Waals surface area contributed by atoms with Crippen LogP contribution in [0, 0.1) is 0 Å². The lowest BCUT2D eigenvalue weighted by atomic mass is 9.98. The van der Waals surface area contributed by atoms with Gasteiger partial charge in [-0.15, -0.1) is 0 Å². The summed E-state index contributed by atoms with van der Waals surface area (Å²) in [5.74, 6) is 0. The lowest BCUT2D eigenvalue weighted by Crippen LogP contribution is -2.16. The van der Waals surface area contributed by atoms with Crippen LogP contribution in [0.25, 0.3) is 0 Å². The van der Waals surface area contributed by atoms with Crippen LogP contribution in [0.1, 0.15) is 88.8 Å². The standard InChI is InChI=1S/C20H35N/c1-4-6-8-9-10-11-13-20(21-3)19-16-14-18(15-17-19)12-7-5-2/h14-17,20-21H,4-13H2,1-3H3. The Balaban J connectivity index is 2.33. The molecule has 0 aliphatic carbocycles. The molecule has 0 aromatic heterocycles. The second-order valence-corrected chi connectivity index (χ2v) is 6.24. The quantitative estimate of drug-likeness (QED) is 0.462. The first kappa shape index (κ1) is 18.2. The van der Waals surface area contributed by atoms with Crippen LogP contribution in [0.2, 0.25) is 0 Å². The molecule has 0 aliphatic rings. The fourth-order valence-electron chi connectivity index (χ4n) is 2.90. The van der Waals surface area contributed by atoms with Crippen LogP contribution in [-0.2, 0) is 6.42 Å². The molecule has 1 aromatic rings. The van der Waals surface area contributed by atoms with Crippen molar-refractivity contribution >= 4 is 0 Å². The second kappa shape index (κ2) is 11.8. The minimum absolute atomic E-state index is 0.524. The predicted molar refractivity (Wildman–Crippen MR) is 94.8 cm³/mol. The number of rotatable bonds is 12. The summed E-state index contributed by atoms with van der Waals surface area (Å²) in [6.07, 6.45) is 13.3. The highest BCUT2D eigenvalue weighted by atomic mass is 14.9. The van der Waals surface area contributed by atoms with Gasteiger partial charge in [-0.25, -0.2) is 0 Å². The third kappa shape index (κ3) is 7.66. The average molecular weight is 290 g/mol. The number of benzene rings is 1. The number of hydrogen-bond acceptors (Lipinski definition) is 1. The summed E-state index contributed by atoms with van der Waals surface area (Å²) in [5, 5.41) is 3.48. The van der Waals surface area contributed by atoms with Gasteiger partial charge in [0.15, 0.2) is 0 Å². The van der Waals surface area contributed by atoms with E-state index >= 15 is 0 Å². The monoisotopic (exact) mass is 289 g/mol. The van der Waals surface area contributed by atoms with Gasteiger partial charge in [-0.2, -0.15) is 0 Å². The Hall–Kier alpha value is -0.820. The summed E-state index contributed by atoms with van der Waals surface area (Å²) < 4.78 is 0. The minimum atomic E-state index is 0.524. The predicted octanol–water partition coefficient (Wildman–Crippen LogP) is 6.04. The Morgan fingerprint density at radius 2 is 1.43 bits per heavy atom. The van der Waals surface area contributed by atoms with E-state index in [0.717, 1.165) is 0 Å². The van der Waals surface area contributed by atoms with E-state index in [1.165, 1.54) is 75.3 Å². The summed E-state index contributed by atoms with van der Waals surface area (Å²) >= 11 is 0. The maximum absolute atomic E-state index is 3.48. The third-order valence-electron chi connectivity index (χ3n) is 4.40. The van der Waals surface area contributed by atoms with Crippen molar-refractivity contribution in [2.24, 2.45) is 0 Å². The Kier molecular flexibility index (Phi) is 10.2. The van der Waals surface area contributed by atoms with E-state index in [-0.39, 0.29) is 0 Å². The van der Waals surface area contributed by atoms with Gasteiger partial charge in [0.1, 0.15) is 0 Å². The van der Waals surface area contributed by atoms with Crippen LogP contribution in [-0.4, -0.2) is 7.05 Å². The Morgan fingerprint density at radius 1 is 0.810 bits per heavy atom. The van der Waals surface area contributed by atoms with Crippen molar-refractivity contribution < 1.29 is 0 Å². The highest BCUT2D eigenvalue weighted by Gasteiger charge is 2.08. The molecule has 0 spiro atoms. The van der Waals surface area contributed by atoms with E-state index in [0.29, 0.717) is 6.04 Å². The fourth-order valence-corrected chi connectivity index (χ4v) is 2.90. The van der Waals surface area contributed by atoms with Crippen molar-refractivity contribution in [3.05, 3.63) is 35.4 Å². The van der Waals surface area contributed by atoms with Crippen LogP contribution in [0.5, 0.6) is 0 Å². The highest BCUT2D eigenvalue weighted by molar-refractivity contribution is 5.25. The van der Waals surface area contributed by atoms with E-state index in [1.807, 2.05) is 0 Å². The maximum Gasteiger partial charge on any atom is 0.0317 e. The second-order valence-electron chi connectivity index (χ2n) is 6.24. The normalized spacial score (nSPS) is 12.5. The van der Waals surface area contributed by atoms with Crippen molar-refractivity contribution in [2.45, 2.75) is 84.1 Å². The van der Waals surface area contributed by atoms with Gasteiger partial charge in [0.2, 0.25) is 0 Å². The van der Waals surface area contributed by atoms with Crippen LogP contribution < -0.4 is 5.32 Å². The number of unbranched alkanes of at least 4 members (excludes halogenated alkanes) is 6. The lowest BCUT2D eigenvalue weighted by molar-refractivity contribution is 0.498. The van der Waals surface area contributed by atoms with E-state index < -0.39 is 0 Å². The van der Waals surface area contributed by atoms with Crippen LogP contribution >= 0.6 is 0 Å². The molecule has 0 bridgehead atoms. The zero-order chi connectivity index (χ0) is 15.3. The smallest absolute Gasteiger partial charge is 0.0317 e. The minimum Gasteiger partial charge on any atom is -0.313 e. The SMILES string of the molecule is CCCCCCCCC(NC)c1ccc(CCCC)cc1. The summed E-state index contributed by atoms with van der Waals surface area (Å²) in [5.41, 5.74) is 2.93. The Bertz CT molecular complexity index is 341. The van der Waals surface area contributed by atoms with E-state index in [2.05, 4.69) is 50.5 Å². The van der Waals surface area contributed by atoms with Gasteiger partial charge in [-0.3, -0.25) is 0 Å². The molecule has 21 heavy (non-hydrogen) atoms. The molecule has 0 heterocycles. The van der Waals surface area contributed by atoms with Gasteiger partial charge in [0, 0.05) is 6.04 Å². The van der Waals surface area contributed by atoms with Crippen molar-refractivity contribution in [3.63, 3.8) is 0 Å². The van der Waals surface area contributed by atoms with Gasteiger partial charge in [-0.1, -0.05) is 83.1 Å². The molecule has 0 saturated heterocycles. The highest BCUT2D eigenvalue weighted by Crippen LogP contribution is 2.21. The zero-order valence-electron chi connectivity index (χ0n) is 14.5. The van der Waals surface area contributed by atoms with Crippen molar-refractivity contribution in [1.82, 2.24) is 5.32 Å². The van der Waals surface area contributed by atoms with Crippen LogP contribution in [0.15, 0.2) is 24.3 Å². The number of nitrogens with one attached hydrogen (secondary N) is 1. The molecule has 120 valence electrons. The molecule has 1 aromatic carbocycles. The maximum atomic E-state index is 3.48. The first-order valence-corrected chi connectivity index (χ1v) is 9.07. The molecular formula is C20H35N. The molecule has 1 nitrogen and oxygen atoms in total. The molecule has 1 rings (SSSR count). The van der Waals surface area contributed by atoms with Gasteiger partial charge < -0.3 is 5.32 Å². The van der Waals surface area contributed by atoms with Crippen molar-refractivity contribution in [1.29, 1.82) is 0 Å². The molecule has 1 atom stereocenters. The number of hydrogen-bond donors (Lipinski definition) is 1.